The first-order valence-corrected chi connectivity index (χ1v) is 5.25. The predicted octanol–water partition coefficient (Wildman–Crippen LogP) is 0.618. The number of carboxylic acid groups (broad SMARTS) is 1. The molecule has 1 aromatic carbocycles. The molecule has 1 unspecified atom stereocenters. The summed E-state index contributed by atoms with van der Waals surface area (Å²) in [4.78, 5) is 23.8. The molecule has 0 aromatic heterocycles. The molecule has 0 aliphatic rings. The quantitative estimate of drug-likeness (QED) is 0.802. The molecule has 5 nitrogen and oxygen atoms in total. The summed E-state index contributed by atoms with van der Waals surface area (Å²) in [5.41, 5.74) is 6.46. The Kier molecular flexibility index (Phi) is 4.23. The number of carbonyl (C=O) groups excluding carboxylic acids is 1. The zero-order valence-corrected chi connectivity index (χ0v) is 9.83. The summed E-state index contributed by atoms with van der Waals surface area (Å²) in [5.74, 6) is -1.47. The van der Waals surface area contributed by atoms with Gasteiger partial charge in [0.1, 0.15) is 12.1 Å². The highest BCUT2D eigenvalue weighted by Gasteiger charge is 2.26. The van der Waals surface area contributed by atoms with E-state index in [0.29, 0.717) is 5.56 Å². The molecule has 0 saturated carbocycles. The molecule has 17 heavy (non-hydrogen) atoms. The lowest BCUT2D eigenvalue weighted by Crippen LogP contribution is -2.44. The van der Waals surface area contributed by atoms with Gasteiger partial charge in [-0.1, -0.05) is 30.3 Å². The third kappa shape index (κ3) is 3.04. The van der Waals surface area contributed by atoms with E-state index in [1.54, 1.807) is 24.3 Å². The van der Waals surface area contributed by atoms with Crippen molar-refractivity contribution in [1.82, 2.24) is 4.90 Å². The first-order valence-electron chi connectivity index (χ1n) is 5.25. The van der Waals surface area contributed by atoms with Gasteiger partial charge in [-0.2, -0.15) is 0 Å². The fourth-order valence-corrected chi connectivity index (χ4v) is 1.38. The number of carboxylic acids is 1. The summed E-state index contributed by atoms with van der Waals surface area (Å²) in [5, 5.41) is 8.82. The zero-order valence-electron chi connectivity index (χ0n) is 9.83. The molecule has 2 atom stereocenters. The molecule has 3 N–H and O–H groups in total. The second-order valence-electron chi connectivity index (χ2n) is 3.85. The maximum Gasteiger partial charge on any atom is 0.326 e. The van der Waals surface area contributed by atoms with Crippen LogP contribution in [0.5, 0.6) is 0 Å². The average Bonchev–Trinajstić information content (AvgIpc) is 2.36. The van der Waals surface area contributed by atoms with Crippen LogP contribution in [0.3, 0.4) is 0 Å². The summed E-state index contributed by atoms with van der Waals surface area (Å²) in [6.07, 6.45) is 0. The van der Waals surface area contributed by atoms with E-state index in [-0.39, 0.29) is 0 Å². The van der Waals surface area contributed by atoms with Crippen molar-refractivity contribution >= 4 is 11.9 Å². The van der Waals surface area contributed by atoms with E-state index in [9.17, 15) is 9.59 Å². The van der Waals surface area contributed by atoms with Crippen molar-refractivity contribution in [3.05, 3.63) is 35.9 Å². The molecule has 5 heteroatoms. The Labute approximate surface area is 99.8 Å². The maximum atomic E-state index is 11.9. The van der Waals surface area contributed by atoms with Gasteiger partial charge in [-0.25, -0.2) is 4.79 Å². The summed E-state index contributed by atoms with van der Waals surface area (Å²) >= 11 is 0. The molecule has 0 spiro atoms. The molecular weight excluding hydrogens is 220 g/mol. The number of nitrogens with zero attached hydrogens (tertiary/aromatic N) is 1. The van der Waals surface area contributed by atoms with Crippen LogP contribution in [0.4, 0.5) is 0 Å². The third-order valence-electron chi connectivity index (χ3n) is 2.71. The zero-order chi connectivity index (χ0) is 13.0. The Morgan fingerprint density at radius 3 is 2.29 bits per heavy atom. The minimum absolute atomic E-state index is 0.411. The number of nitrogens with two attached hydrogens (primary N) is 1. The van der Waals surface area contributed by atoms with Crippen molar-refractivity contribution < 1.29 is 14.7 Å². The maximum absolute atomic E-state index is 11.9. The van der Waals surface area contributed by atoms with Crippen molar-refractivity contribution in [3.63, 3.8) is 0 Å². The van der Waals surface area contributed by atoms with Gasteiger partial charge in [-0.15, -0.1) is 0 Å². The summed E-state index contributed by atoms with van der Waals surface area (Å²) in [6, 6.07) is 7.14. The van der Waals surface area contributed by atoms with E-state index in [0.717, 1.165) is 4.90 Å². The molecule has 0 fully saturated rings. The molecular formula is C12H16N2O3. The van der Waals surface area contributed by atoms with Gasteiger partial charge in [0.05, 0.1) is 0 Å². The highest BCUT2D eigenvalue weighted by molar-refractivity contribution is 5.87. The first-order chi connectivity index (χ1) is 7.95. The van der Waals surface area contributed by atoms with Crippen LogP contribution in [0.2, 0.25) is 0 Å². The topological polar surface area (TPSA) is 83.6 Å². The number of rotatable bonds is 4. The van der Waals surface area contributed by atoms with Gasteiger partial charge in [0.2, 0.25) is 5.91 Å². The van der Waals surface area contributed by atoms with Crippen LogP contribution in [0.25, 0.3) is 0 Å². The van der Waals surface area contributed by atoms with Crippen LogP contribution in [-0.2, 0) is 9.59 Å². The van der Waals surface area contributed by atoms with Gasteiger partial charge in [-0.3, -0.25) is 4.79 Å². The van der Waals surface area contributed by atoms with E-state index in [1.807, 2.05) is 6.07 Å². The Morgan fingerprint density at radius 1 is 1.29 bits per heavy atom. The Morgan fingerprint density at radius 2 is 1.82 bits per heavy atom. The monoisotopic (exact) mass is 236 g/mol. The van der Waals surface area contributed by atoms with E-state index in [2.05, 4.69) is 0 Å². The van der Waals surface area contributed by atoms with Gasteiger partial charge in [-0.05, 0) is 12.5 Å². The fraction of sp³-hybridized carbons (Fsp3) is 0.333. The van der Waals surface area contributed by atoms with Gasteiger partial charge in [0.25, 0.3) is 0 Å². The molecule has 1 amide bonds. The van der Waals surface area contributed by atoms with Crippen LogP contribution < -0.4 is 5.73 Å². The lowest BCUT2D eigenvalue weighted by atomic mass is 10.1. The van der Waals surface area contributed by atoms with Gasteiger partial charge in [0.15, 0.2) is 0 Å². The van der Waals surface area contributed by atoms with Crippen molar-refractivity contribution in [1.29, 1.82) is 0 Å². The first kappa shape index (κ1) is 13.2. The van der Waals surface area contributed by atoms with E-state index in [4.69, 9.17) is 10.8 Å². The molecule has 0 aliphatic heterocycles. The lowest BCUT2D eigenvalue weighted by molar-refractivity contribution is -0.148. The third-order valence-corrected chi connectivity index (χ3v) is 2.71. The summed E-state index contributed by atoms with van der Waals surface area (Å²) in [7, 11) is 1.43. The molecule has 92 valence electrons. The molecule has 1 aromatic rings. The van der Waals surface area contributed by atoms with Gasteiger partial charge >= 0.3 is 5.97 Å². The smallest absolute Gasteiger partial charge is 0.326 e. The molecule has 0 saturated heterocycles. The summed E-state index contributed by atoms with van der Waals surface area (Å²) < 4.78 is 0. The highest BCUT2D eigenvalue weighted by Crippen LogP contribution is 2.13. The number of aliphatic carboxylic acids is 1. The van der Waals surface area contributed by atoms with Crippen LogP contribution >= 0.6 is 0 Å². The normalized spacial score (nSPS) is 13.8. The largest absolute Gasteiger partial charge is 0.480 e. The van der Waals surface area contributed by atoms with Crippen molar-refractivity contribution in [2.75, 3.05) is 7.05 Å². The second-order valence-corrected chi connectivity index (χ2v) is 3.85. The number of carbonyl (C=O) groups is 2. The highest BCUT2D eigenvalue weighted by atomic mass is 16.4. The number of hydrogen-bond donors (Lipinski definition) is 2. The Hall–Kier alpha value is -1.88. The minimum Gasteiger partial charge on any atom is -0.480 e. The number of hydrogen-bond acceptors (Lipinski definition) is 3. The fourth-order valence-electron chi connectivity index (χ4n) is 1.38. The number of amides is 1. The lowest BCUT2D eigenvalue weighted by Gasteiger charge is -2.24. The molecule has 0 aliphatic carbocycles. The molecule has 0 heterocycles. The second kappa shape index (κ2) is 5.45. The van der Waals surface area contributed by atoms with Gasteiger partial charge < -0.3 is 15.7 Å². The molecule has 1 rings (SSSR count). The van der Waals surface area contributed by atoms with E-state index < -0.39 is 24.0 Å². The number of benzene rings is 1. The van der Waals surface area contributed by atoms with Crippen molar-refractivity contribution in [3.8, 4) is 0 Å². The van der Waals surface area contributed by atoms with Crippen LogP contribution in [0.1, 0.15) is 18.5 Å². The van der Waals surface area contributed by atoms with Crippen LogP contribution in [0.15, 0.2) is 30.3 Å². The van der Waals surface area contributed by atoms with E-state index >= 15 is 0 Å². The van der Waals surface area contributed by atoms with Crippen molar-refractivity contribution in [2.24, 2.45) is 5.73 Å². The Balaban J connectivity index is 2.80. The Bertz CT molecular complexity index is 405. The molecule has 0 radical (unpaired) electrons. The van der Waals surface area contributed by atoms with Crippen LogP contribution in [0, 0.1) is 0 Å². The standard InChI is InChI=1S/C12H16N2O3/c1-8(12(16)17)14(2)11(15)10(13)9-6-4-3-5-7-9/h3-8,10H,13H2,1-2H3,(H,16,17)/t8?,10-/m0/s1. The van der Waals surface area contributed by atoms with Gasteiger partial charge in [0, 0.05) is 7.05 Å². The number of likely N-dealkylation sites (N-methyl/N-ethyl adjacent to an activating group) is 1. The van der Waals surface area contributed by atoms with E-state index in [1.165, 1.54) is 14.0 Å². The average molecular weight is 236 g/mol. The minimum atomic E-state index is -1.05. The SMILES string of the molecule is CC(C(=O)O)N(C)C(=O)[C@@H](N)c1ccccc1. The van der Waals surface area contributed by atoms with Crippen LogP contribution in [-0.4, -0.2) is 35.0 Å². The summed E-state index contributed by atoms with van der Waals surface area (Å²) in [6.45, 7) is 1.44. The van der Waals surface area contributed by atoms with Crippen molar-refractivity contribution in [2.45, 2.75) is 19.0 Å². The molecule has 0 bridgehead atoms. The predicted molar refractivity (Wildman–Crippen MR) is 63.2 cm³/mol.